The average Bonchev–Trinajstić information content (AvgIpc) is 2.54. The highest BCUT2D eigenvalue weighted by molar-refractivity contribution is 7.89. The Morgan fingerprint density at radius 1 is 1.08 bits per heavy atom. The Hall–Kier alpha value is -2.78. The number of rotatable bonds is 4. The van der Waals surface area contributed by atoms with Gasteiger partial charge < -0.3 is 0 Å². The topological polar surface area (TPSA) is 118 Å². The predicted molar refractivity (Wildman–Crippen MR) is 88.3 cm³/mol. The molecule has 0 aliphatic carbocycles. The number of carbonyl (C=O) groups is 2. The number of carbonyl (C=O) groups excluding carboxylic acids is 2. The van der Waals surface area contributed by atoms with Gasteiger partial charge in [0.15, 0.2) is 0 Å². The number of aryl methyl sites for hydroxylation is 1. The number of primary sulfonamides is 1. The Kier molecular flexibility index (Phi) is 5.50. The summed E-state index contributed by atoms with van der Waals surface area (Å²) in [7, 11) is -3.96. The van der Waals surface area contributed by atoms with Gasteiger partial charge >= 0.3 is 0 Å². The molecule has 0 unspecified atom stereocenters. The quantitative estimate of drug-likeness (QED) is 0.694. The number of nitrogens with one attached hydrogen (secondary N) is 2. The van der Waals surface area contributed by atoms with E-state index in [2.05, 4.69) is 10.9 Å². The third-order valence-electron chi connectivity index (χ3n) is 3.35. The van der Waals surface area contributed by atoms with Crippen LogP contribution >= 0.6 is 0 Å². The van der Waals surface area contributed by atoms with Gasteiger partial charge in [0.25, 0.3) is 5.91 Å². The Labute approximate surface area is 144 Å². The molecule has 2 aromatic rings. The molecular formula is C16H16FN3O4S. The molecule has 2 aromatic carbocycles. The number of benzene rings is 2. The lowest BCUT2D eigenvalue weighted by molar-refractivity contribution is -0.121. The van der Waals surface area contributed by atoms with Crippen LogP contribution in [0.4, 0.5) is 4.39 Å². The van der Waals surface area contributed by atoms with Crippen molar-refractivity contribution >= 4 is 21.8 Å². The fraction of sp³-hybridized carbons (Fsp3) is 0.125. The van der Waals surface area contributed by atoms with Gasteiger partial charge in [0.2, 0.25) is 15.9 Å². The first kappa shape index (κ1) is 18.6. The first-order valence-corrected chi connectivity index (χ1v) is 8.68. The van der Waals surface area contributed by atoms with Crippen molar-refractivity contribution in [2.24, 2.45) is 5.14 Å². The van der Waals surface area contributed by atoms with Crippen LogP contribution < -0.4 is 16.0 Å². The van der Waals surface area contributed by atoms with Gasteiger partial charge in [-0.05, 0) is 42.3 Å². The fourth-order valence-electron chi connectivity index (χ4n) is 2.08. The Balaban J connectivity index is 2.00. The van der Waals surface area contributed by atoms with E-state index >= 15 is 0 Å². The lowest BCUT2D eigenvalue weighted by Gasteiger charge is -2.09. The highest BCUT2D eigenvalue weighted by Crippen LogP contribution is 2.15. The third kappa shape index (κ3) is 5.10. The van der Waals surface area contributed by atoms with Gasteiger partial charge in [-0.1, -0.05) is 18.2 Å². The summed E-state index contributed by atoms with van der Waals surface area (Å²) in [5, 5.41) is 5.09. The van der Waals surface area contributed by atoms with Crippen LogP contribution in [0, 0.1) is 12.7 Å². The van der Waals surface area contributed by atoms with Crippen LogP contribution in [0.3, 0.4) is 0 Å². The van der Waals surface area contributed by atoms with E-state index in [0.29, 0.717) is 11.1 Å². The van der Waals surface area contributed by atoms with Crippen molar-refractivity contribution in [3.8, 4) is 0 Å². The van der Waals surface area contributed by atoms with E-state index in [1.807, 2.05) is 0 Å². The summed E-state index contributed by atoms with van der Waals surface area (Å²) in [6.45, 7) is 1.55. The smallest absolute Gasteiger partial charge is 0.269 e. The summed E-state index contributed by atoms with van der Waals surface area (Å²) < 4.78 is 35.7. The molecule has 0 heterocycles. The summed E-state index contributed by atoms with van der Waals surface area (Å²) in [4.78, 5) is 23.6. The molecule has 0 fully saturated rings. The summed E-state index contributed by atoms with van der Waals surface area (Å²) in [5.41, 5.74) is 5.38. The molecule has 25 heavy (non-hydrogen) atoms. The van der Waals surface area contributed by atoms with Crippen molar-refractivity contribution in [1.29, 1.82) is 0 Å². The molecule has 9 heteroatoms. The van der Waals surface area contributed by atoms with E-state index < -0.39 is 27.7 Å². The minimum absolute atomic E-state index is 0.0247. The lowest BCUT2D eigenvalue weighted by Crippen LogP contribution is -2.42. The molecule has 2 amide bonds. The normalized spacial score (nSPS) is 11.0. The van der Waals surface area contributed by atoms with Crippen molar-refractivity contribution in [3.63, 3.8) is 0 Å². The molecule has 0 saturated heterocycles. The van der Waals surface area contributed by atoms with Crippen LogP contribution in [-0.4, -0.2) is 20.2 Å². The number of amides is 2. The molecule has 0 aliphatic rings. The van der Waals surface area contributed by atoms with Crippen LogP contribution in [0.2, 0.25) is 0 Å². The minimum atomic E-state index is -3.96. The van der Waals surface area contributed by atoms with Gasteiger partial charge in [0.1, 0.15) is 5.82 Å². The summed E-state index contributed by atoms with van der Waals surface area (Å²) in [6.07, 6.45) is -0.0586. The summed E-state index contributed by atoms with van der Waals surface area (Å²) >= 11 is 0. The highest BCUT2D eigenvalue weighted by Gasteiger charge is 2.15. The minimum Gasteiger partial charge on any atom is -0.273 e. The van der Waals surface area contributed by atoms with E-state index in [1.54, 1.807) is 6.92 Å². The van der Waals surface area contributed by atoms with E-state index in [4.69, 9.17) is 5.14 Å². The zero-order valence-electron chi connectivity index (χ0n) is 13.2. The maximum Gasteiger partial charge on any atom is 0.269 e. The van der Waals surface area contributed by atoms with E-state index in [-0.39, 0.29) is 16.9 Å². The van der Waals surface area contributed by atoms with Crippen LogP contribution in [-0.2, 0) is 21.2 Å². The molecule has 0 spiro atoms. The van der Waals surface area contributed by atoms with Crippen LogP contribution in [0.15, 0.2) is 47.4 Å². The van der Waals surface area contributed by atoms with Gasteiger partial charge in [-0.25, -0.2) is 17.9 Å². The molecule has 132 valence electrons. The SMILES string of the molecule is Cc1ccc(C(=O)NNC(=O)Cc2ccc(F)cc2)cc1S(N)(=O)=O. The van der Waals surface area contributed by atoms with Crippen molar-refractivity contribution < 1.29 is 22.4 Å². The molecule has 0 atom stereocenters. The third-order valence-corrected chi connectivity index (χ3v) is 4.40. The second kappa shape index (κ2) is 7.41. The second-order valence-electron chi connectivity index (χ2n) is 5.33. The van der Waals surface area contributed by atoms with Crippen molar-refractivity contribution in [3.05, 3.63) is 65.0 Å². The number of hydrazine groups is 1. The predicted octanol–water partition coefficient (Wildman–Crippen LogP) is 0.785. The molecule has 2 rings (SSSR count). The average molecular weight is 365 g/mol. The van der Waals surface area contributed by atoms with Gasteiger partial charge in [-0.15, -0.1) is 0 Å². The summed E-state index contributed by atoms with van der Waals surface area (Å²) in [6, 6.07) is 9.33. The lowest BCUT2D eigenvalue weighted by atomic mass is 10.1. The molecule has 0 saturated carbocycles. The Morgan fingerprint density at radius 3 is 2.32 bits per heavy atom. The molecule has 0 bridgehead atoms. The van der Waals surface area contributed by atoms with Crippen LogP contribution in [0.25, 0.3) is 0 Å². The maximum atomic E-state index is 12.8. The van der Waals surface area contributed by atoms with Crippen molar-refractivity contribution in [2.75, 3.05) is 0 Å². The monoisotopic (exact) mass is 365 g/mol. The number of hydrogen-bond acceptors (Lipinski definition) is 4. The van der Waals surface area contributed by atoms with Gasteiger partial charge in [-0.2, -0.15) is 0 Å². The second-order valence-corrected chi connectivity index (χ2v) is 6.86. The molecular weight excluding hydrogens is 349 g/mol. The van der Waals surface area contributed by atoms with E-state index in [9.17, 15) is 22.4 Å². The Bertz CT molecular complexity index is 911. The largest absolute Gasteiger partial charge is 0.273 e. The van der Waals surface area contributed by atoms with Gasteiger partial charge in [0, 0.05) is 5.56 Å². The zero-order valence-corrected chi connectivity index (χ0v) is 14.1. The standard InChI is InChI=1S/C16H16FN3O4S/c1-10-2-5-12(9-14(10)25(18,23)24)16(22)20-19-15(21)8-11-3-6-13(17)7-4-11/h2-7,9H,8H2,1H3,(H,19,21)(H,20,22)(H2,18,23,24). The van der Waals surface area contributed by atoms with Crippen LogP contribution in [0.5, 0.6) is 0 Å². The molecule has 0 aromatic heterocycles. The molecule has 0 radical (unpaired) electrons. The number of sulfonamides is 1. The molecule has 4 N–H and O–H groups in total. The first-order valence-electron chi connectivity index (χ1n) is 7.14. The van der Waals surface area contributed by atoms with Gasteiger partial charge in [0.05, 0.1) is 11.3 Å². The first-order chi connectivity index (χ1) is 11.7. The van der Waals surface area contributed by atoms with E-state index in [0.717, 1.165) is 6.07 Å². The Morgan fingerprint density at radius 2 is 1.72 bits per heavy atom. The maximum absolute atomic E-state index is 12.8. The highest BCUT2D eigenvalue weighted by atomic mass is 32.2. The molecule has 7 nitrogen and oxygen atoms in total. The van der Waals surface area contributed by atoms with Gasteiger partial charge in [-0.3, -0.25) is 20.4 Å². The summed E-state index contributed by atoms with van der Waals surface area (Å²) in [5.74, 6) is -1.63. The number of halogens is 1. The van der Waals surface area contributed by atoms with Crippen molar-refractivity contribution in [1.82, 2.24) is 10.9 Å². The molecule has 0 aliphatic heterocycles. The number of nitrogens with two attached hydrogens (primary N) is 1. The fourth-order valence-corrected chi connectivity index (χ4v) is 2.89. The number of hydrogen-bond donors (Lipinski definition) is 3. The van der Waals surface area contributed by atoms with Crippen LogP contribution in [0.1, 0.15) is 21.5 Å². The van der Waals surface area contributed by atoms with Crippen molar-refractivity contribution in [2.45, 2.75) is 18.2 Å². The zero-order chi connectivity index (χ0) is 18.6. The van der Waals surface area contributed by atoms with E-state index in [1.165, 1.54) is 36.4 Å².